The minimum Gasteiger partial charge on any atom is -0.221 e. The molecule has 1 aliphatic carbocycles. The predicted molar refractivity (Wildman–Crippen MR) is 99.6 cm³/mol. The first-order chi connectivity index (χ1) is 11.2. The van der Waals surface area contributed by atoms with Crippen molar-refractivity contribution < 1.29 is 0 Å². The van der Waals surface area contributed by atoms with Gasteiger partial charge in [0.25, 0.3) is 0 Å². The second-order valence-electron chi connectivity index (χ2n) is 6.06. The zero-order chi connectivity index (χ0) is 15.8. The number of hydrogen-bond acceptors (Lipinski definition) is 4. The van der Waals surface area contributed by atoms with E-state index in [4.69, 9.17) is 16.6 Å². The fourth-order valence-electron chi connectivity index (χ4n) is 3.07. The van der Waals surface area contributed by atoms with Crippen LogP contribution in [0.5, 0.6) is 0 Å². The van der Waals surface area contributed by atoms with Crippen LogP contribution < -0.4 is 0 Å². The van der Waals surface area contributed by atoms with E-state index >= 15 is 0 Å². The van der Waals surface area contributed by atoms with Crippen LogP contribution in [0.4, 0.5) is 0 Å². The van der Waals surface area contributed by atoms with Gasteiger partial charge < -0.3 is 0 Å². The number of rotatable bonds is 3. The summed E-state index contributed by atoms with van der Waals surface area (Å²) < 4.78 is 0. The minimum absolute atomic E-state index is 0.630. The quantitative estimate of drug-likeness (QED) is 0.438. The molecule has 1 atom stereocenters. The number of aryl methyl sites for hydroxylation is 1. The zero-order valence-electron chi connectivity index (χ0n) is 12.9. The van der Waals surface area contributed by atoms with Gasteiger partial charge in [-0.3, -0.25) is 0 Å². The molecule has 0 N–H and O–H groups in total. The van der Waals surface area contributed by atoms with E-state index < -0.39 is 0 Å². The maximum absolute atomic E-state index is 6.50. The molecule has 0 amide bonds. The topological polar surface area (TPSA) is 25.8 Å². The molecule has 5 heteroatoms. The molecule has 0 radical (unpaired) electrons. The number of benzene rings is 1. The van der Waals surface area contributed by atoms with Crippen molar-refractivity contribution in [3.05, 3.63) is 51.7 Å². The molecule has 1 aromatic carbocycles. The second kappa shape index (κ2) is 6.42. The summed E-state index contributed by atoms with van der Waals surface area (Å²) in [6, 6.07) is 10.3. The Morgan fingerprint density at radius 2 is 2.09 bits per heavy atom. The van der Waals surface area contributed by atoms with Crippen molar-refractivity contribution in [3.8, 4) is 0 Å². The van der Waals surface area contributed by atoms with Crippen molar-refractivity contribution in [1.29, 1.82) is 0 Å². The molecule has 0 fully saturated rings. The van der Waals surface area contributed by atoms with Crippen molar-refractivity contribution in [1.82, 2.24) is 9.97 Å². The number of fused-ring (bicyclic) bond motifs is 3. The van der Waals surface area contributed by atoms with Gasteiger partial charge in [-0.25, -0.2) is 9.97 Å². The number of hydrogen-bond donors (Lipinski definition) is 0. The van der Waals surface area contributed by atoms with Crippen molar-refractivity contribution >= 4 is 44.9 Å². The summed E-state index contributed by atoms with van der Waals surface area (Å²) in [7, 11) is 0. The summed E-state index contributed by atoms with van der Waals surface area (Å²) >= 11 is 10.1. The minimum atomic E-state index is 0.630. The normalized spacial score (nSPS) is 17.4. The lowest BCUT2D eigenvalue weighted by Crippen LogP contribution is -2.08. The van der Waals surface area contributed by atoms with E-state index in [1.807, 2.05) is 29.5 Å². The van der Waals surface area contributed by atoms with E-state index in [9.17, 15) is 0 Å². The molecule has 0 aliphatic heterocycles. The van der Waals surface area contributed by atoms with Gasteiger partial charge in [-0.1, -0.05) is 36.7 Å². The van der Waals surface area contributed by atoms with Crippen LogP contribution in [0.3, 0.4) is 0 Å². The molecule has 2 aromatic heterocycles. The van der Waals surface area contributed by atoms with Crippen LogP contribution in [0.25, 0.3) is 10.2 Å². The third kappa shape index (κ3) is 3.12. The SMILES string of the molecule is CC1CCc2c(sc3nc(CSc4ccccc4)nc(Cl)c23)C1. The van der Waals surface area contributed by atoms with Gasteiger partial charge in [-0.15, -0.1) is 23.1 Å². The lowest BCUT2D eigenvalue weighted by molar-refractivity contribution is 0.509. The monoisotopic (exact) mass is 360 g/mol. The number of halogens is 1. The van der Waals surface area contributed by atoms with E-state index in [0.29, 0.717) is 5.15 Å². The average Bonchev–Trinajstić information content (AvgIpc) is 2.91. The molecule has 2 heterocycles. The fraction of sp³-hybridized carbons (Fsp3) is 0.333. The molecule has 118 valence electrons. The summed E-state index contributed by atoms with van der Waals surface area (Å²) in [5.41, 5.74) is 1.40. The van der Waals surface area contributed by atoms with Crippen molar-refractivity contribution in [2.75, 3.05) is 0 Å². The van der Waals surface area contributed by atoms with Gasteiger partial charge in [0.2, 0.25) is 0 Å². The summed E-state index contributed by atoms with van der Waals surface area (Å²) in [5, 5.41) is 1.73. The molecule has 0 spiro atoms. The Morgan fingerprint density at radius 3 is 2.91 bits per heavy atom. The average molecular weight is 361 g/mol. The van der Waals surface area contributed by atoms with Crippen molar-refractivity contribution in [2.24, 2.45) is 5.92 Å². The number of aromatic nitrogens is 2. The maximum atomic E-state index is 6.50. The van der Waals surface area contributed by atoms with E-state index in [2.05, 4.69) is 24.0 Å². The molecule has 2 nitrogen and oxygen atoms in total. The third-order valence-corrected chi connectivity index (χ3v) is 6.70. The Balaban J connectivity index is 1.65. The Kier molecular flexibility index (Phi) is 4.31. The van der Waals surface area contributed by atoms with Crippen LogP contribution in [0, 0.1) is 5.92 Å². The van der Waals surface area contributed by atoms with Gasteiger partial charge in [-0.2, -0.15) is 0 Å². The van der Waals surface area contributed by atoms with Crippen LogP contribution in [-0.4, -0.2) is 9.97 Å². The first-order valence-corrected chi connectivity index (χ1v) is 10.0. The standard InChI is InChI=1S/C18H17ClN2S2/c1-11-7-8-13-14(9-11)23-18-16(13)17(19)20-15(21-18)10-22-12-5-3-2-4-6-12/h2-6,11H,7-10H2,1H3. The molecule has 3 aromatic rings. The van der Waals surface area contributed by atoms with E-state index in [1.165, 1.54) is 21.8 Å². The summed E-state index contributed by atoms with van der Waals surface area (Å²) in [4.78, 5) is 13.1. The lowest BCUT2D eigenvalue weighted by atomic mass is 9.89. The molecule has 1 aliphatic rings. The second-order valence-corrected chi connectivity index (χ2v) is 8.55. The zero-order valence-corrected chi connectivity index (χ0v) is 15.3. The van der Waals surface area contributed by atoms with Crippen LogP contribution in [-0.2, 0) is 18.6 Å². The van der Waals surface area contributed by atoms with Crippen molar-refractivity contribution in [3.63, 3.8) is 0 Å². The molecule has 23 heavy (non-hydrogen) atoms. The largest absolute Gasteiger partial charge is 0.221 e. The van der Waals surface area contributed by atoms with Crippen LogP contribution >= 0.6 is 34.7 Å². The van der Waals surface area contributed by atoms with E-state index in [0.717, 1.165) is 40.6 Å². The number of thioether (sulfide) groups is 1. The first-order valence-electron chi connectivity index (χ1n) is 7.85. The van der Waals surface area contributed by atoms with Gasteiger partial charge in [0.1, 0.15) is 15.8 Å². The molecule has 0 bridgehead atoms. The Labute approximate surface area is 149 Å². The number of nitrogens with zero attached hydrogens (tertiary/aromatic N) is 2. The molecule has 0 saturated carbocycles. The van der Waals surface area contributed by atoms with E-state index in [1.54, 1.807) is 11.8 Å². The highest BCUT2D eigenvalue weighted by atomic mass is 35.5. The van der Waals surface area contributed by atoms with Gasteiger partial charge in [0.15, 0.2) is 0 Å². The van der Waals surface area contributed by atoms with Gasteiger partial charge in [0, 0.05) is 9.77 Å². The highest BCUT2D eigenvalue weighted by Gasteiger charge is 2.23. The highest BCUT2D eigenvalue weighted by Crippen LogP contribution is 2.40. The van der Waals surface area contributed by atoms with Gasteiger partial charge >= 0.3 is 0 Å². The Bertz CT molecular complexity index is 845. The Morgan fingerprint density at radius 1 is 1.26 bits per heavy atom. The molecular formula is C18H17ClN2S2. The van der Waals surface area contributed by atoms with Crippen LogP contribution in [0.1, 0.15) is 29.6 Å². The van der Waals surface area contributed by atoms with Crippen LogP contribution in [0.2, 0.25) is 5.15 Å². The van der Waals surface area contributed by atoms with Gasteiger partial charge in [0.05, 0.1) is 11.1 Å². The van der Waals surface area contributed by atoms with Gasteiger partial charge in [-0.05, 0) is 42.9 Å². The van der Waals surface area contributed by atoms with Crippen LogP contribution in [0.15, 0.2) is 35.2 Å². The summed E-state index contributed by atoms with van der Waals surface area (Å²) in [5.74, 6) is 2.33. The van der Waals surface area contributed by atoms with Crippen molar-refractivity contribution in [2.45, 2.75) is 36.8 Å². The summed E-state index contributed by atoms with van der Waals surface area (Å²) in [6.07, 6.45) is 3.50. The molecule has 0 saturated heterocycles. The highest BCUT2D eigenvalue weighted by molar-refractivity contribution is 7.98. The molecule has 1 unspecified atom stereocenters. The number of thiophene rings is 1. The third-order valence-electron chi connectivity index (χ3n) is 4.27. The van der Waals surface area contributed by atoms with E-state index in [-0.39, 0.29) is 0 Å². The lowest BCUT2D eigenvalue weighted by Gasteiger charge is -2.17. The molecule has 4 rings (SSSR count). The fourth-order valence-corrected chi connectivity index (χ4v) is 5.60. The first kappa shape index (κ1) is 15.4. The maximum Gasteiger partial charge on any atom is 0.142 e. The predicted octanol–water partition coefficient (Wildman–Crippen LogP) is 5.76. The smallest absolute Gasteiger partial charge is 0.142 e. The summed E-state index contributed by atoms with van der Waals surface area (Å²) in [6.45, 7) is 2.32. The Hall–Kier alpha value is -1.10. The molecular weight excluding hydrogens is 344 g/mol.